The van der Waals surface area contributed by atoms with Gasteiger partial charge in [0.2, 0.25) is 5.88 Å². The quantitative estimate of drug-likeness (QED) is 0.856. The Labute approximate surface area is 164 Å². The number of amides is 3. The maximum Gasteiger partial charge on any atom is 0.322 e. The Balaban J connectivity index is 1.66. The van der Waals surface area contributed by atoms with Gasteiger partial charge in [-0.3, -0.25) is 4.79 Å². The van der Waals surface area contributed by atoms with E-state index in [1.54, 1.807) is 49.5 Å². The molecule has 2 aromatic rings. The monoisotopic (exact) mass is 384 g/mol. The molecular formula is C20H24N4O4. The highest BCUT2D eigenvalue weighted by Crippen LogP contribution is 2.27. The van der Waals surface area contributed by atoms with Crippen LogP contribution in [0, 0.1) is 0 Å². The molecule has 1 aromatic heterocycles. The molecule has 1 aromatic carbocycles. The summed E-state index contributed by atoms with van der Waals surface area (Å²) in [4.78, 5) is 32.2. The number of methoxy groups -OCH3 is 1. The normalized spacial score (nSPS) is 15.8. The van der Waals surface area contributed by atoms with Crippen LogP contribution in [-0.4, -0.2) is 67.1 Å². The van der Waals surface area contributed by atoms with E-state index in [9.17, 15) is 9.59 Å². The van der Waals surface area contributed by atoms with Gasteiger partial charge in [0.15, 0.2) is 0 Å². The molecule has 1 aliphatic rings. The van der Waals surface area contributed by atoms with Crippen LogP contribution in [0.25, 0.3) is 0 Å². The van der Waals surface area contributed by atoms with Crippen molar-refractivity contribution in [3.05, 3.63) is 48.2 Å². The molecule has 8 nitrogen and oxygen atoms in total. The van der Waals surface area contributed by atoms with Crippen molar-refractivity contribution in [2.24, 2.45) is 0 Å². The average molecular weight is 384 g/mol. The molecule has 0 bridgehead atoms. The van der Waals surface area contributed by atoms with Crippen molar-refractivity contribution in [1.82, 2.24) is 14.8 Å². The molecule has 2 heterocycles. The molecule has 0 aliphatic carbocycles. The van der Waals surface area contributed by atoms with Crippen molar-refractivity contribution in [3.8, 4) is 11.6 Å². The summed E-state index contributed by atoms with van der Waals surface area (Å²) >= 11 is 0. The number of ether oxygens (including phenoxy) is 2. The molecule has 0 saturated carbocycles. The Kier molecular flexibility index (Phi) is 5.98. The Bertz CT molecular complexity index is 841. The van der Waals surface area contributed by atoms with Crippen LogP contribution in [0.3, 0.4) is 0 Å². The highest BCUT2D eigenvalue weighted by atomic mass is 16.5. The number of hydrogen-bond acceptors (Lipinski definition) is 5. The summed E-state index contributed by atoms with van der Waals surface area (Å²) in [6.07, 6.45) is 2.28. The fraction of sp³-hybridized carbons (Fsp3) is 0.350. The van der Waals surface area contributed by atoms with Gasteiger partial charge in [0, 0.05) is 44.9 Å². The van der Waals surface area contributed by atoms with Gasteiger partial charge in [0.05, 0.1) is 19.3 Å². The van der Waals surface area contributed by atoms with E-state index < -0.39 is 0 Å². The van der Waals surface area contributed by atoms with Gasteiger partial charge in [-0.05, 0) is 24.3 Å². The van der Waals surface area contributed by atoms with Crippen LogP contribution in [-0.2, 0) is 0 Å². The van der Waals surface area contributed by atoms with Gasteiger partial charge < -0.3 is 24.6 Å². The van der Waals surface area contributed by atoms with Crippen LogP contribution in [0.15, 0.2) is 42.6 Å². The number of carbonyl (C=O) groups is 2. The molecule has 0 spiro atoms. The van der Waals surface area contributed by atoms with Crippen LogP contribution < -0.4 is 14.8 Å². The van der Waals surface area contributed by atoms with Crippen molar-refractivity contribution in [2.45, 2.75) is 12.5 Å². The molecule has 28 heavy (non-hydrogen) atoms. The molecule has 1 saturated heterocycles. The van der Waals surface area contributed by atoms with Gasteiger partial charge in [0.1, 0.15) is 11.9 Å². The second-order valence-corrected chi connectivity index (χ2v) is 6.69. The van der Waals surface area contributed by atoms with Gasteiger partial charge in [0.25, 0.3) is 5.91 Å². The number of benzene rings is 1. The number of nitrogens with one attached hydrogen (secondary N) is 1. The van der Waals surface area contributed by atoms with Crippen molar-refractivity contribution >= 4 is 17.6 Å². The van der Waals surface area contributed by atoms with Gasteiger partial charge >= 0.3 is 6.03 Å². The van der Waals surface area contributed by atoms with Crippen molar-refractivity contribution in [2.75, 3.05) is 39.6 Å². The zero-order chi connectivity index (χ0) is 20.1. The molecule has 3 rings (SSSR count). The lowest BCUT2D eigenvalue weighted by Crippen LogP contribution is -2.34. The number of aromatic nitrogens is 1. The van der Waals surface area contributed by atoms with Gasteiger partial charge in [-0.2, -0.15) is 0 Å². The van der Waals surface area contributed by atoms with Gasteiger partial charge in [-0.1, -0.05) is 6.07 Å². The lowest BCUT2D eigenvalue weighted by Gasteiger charge is -2.19. The second kappa shape index (κ2) is 8.60. The van der Waals surface area contributed by atoms with Crippen LogP contribution >= 0.6 is 0 Å². The summed E-state index contributed by atoms with van der Waals surface area (Å²) < 4.78 is 11.1. The van der Waals surface area contributed by atoms with Crippen LogP contribution in [0.4, 0.5) is 10.5 Å². The molecule has 1 fully saturated rings. The van der Waals surface area contributed by atoms with E-state index in [1.807, 2.05) is 12.1 Å². The summed E-state index contributed by atoms with van der Waals surface area (Å²) in [6, 6.07) is 10.2. The molecule has 1 N–H and O–H groups in total. The number of urea groups is 1. The molecule has 1 aliphatic heterocycles. The number of hydrogen-bond donors (Lipinski definition) is 1. The first-order valence-electron chi connectivity index (χ1n) is 9.01. The van der Waals surface area contributed by atoms with E-state index in [1.165, 1.54) is 12.0 Å². The van der Waals surface area contributed by atoms with Crippen molar-refractivity contribution in [3.63, 3.8) is 0 Å². The van der Waals surface area contributed by atoms with Gasteiger partial charge in [-0.15, -0.1) is 0 Å². The van der Waals surface area contributed by atoms with E-state index in [0.717, 1.165) is 6.42 Å². The maximum absolute atomic E-state index is 12.7. The van der Waals surface area contributed by atoms with E-state index in [2.05, 4.69) is 10.3 Å². The topological polar surface area (TPSA) is 84.0 Å². The lowest BCUT2D eigenvalue weighted by molar-refractivity contribution is 0.0827. The smallest absolute Gasteiger partial charge is 0.322 e. The van der Waals surface area contributed by atoms with E-state index in [0.29, 0.717) is 36.0 Å². The fourth-order valence-electron chi connectivity index (χ4n) is 2.99. The van der Waals surface area contributed by atoms with Crippen molar-refractivity contribution < 1.29 is 19.1 Å². The third-order valence-electron chi connectivity index (χ3n) is 4.45. The SMILES string of the molecule is COc1ccc(C(=O)N(C)C)cc1NC(=O)N1CCC(Oc2ccccn2)C1. The fourth-order valence-corrected chi connectivity index (χ4v) is 2.99. The van der Waals surface area contributed by atoms with Crippen LogP contribution in [0.5, 0.6) is 11.6 Å². The third-order valence-corrected chi connectivity index (χ3v) is 4.45. The zero-order valence-corrected chi connectivity index (χ0v) is 16.2. The Morgan fingerprint density at radius 3 is 2.75 bits per heavy atom. The average Bonchev–Trinajstić information content (AvgIpc) is 3.16. The summed E-state index contributed by atoms with van der Waals surface area (Å²) in [5.74, 6) is 0.888. The molecule has 0 radical (unpaired) electrons. The third kappa shape index (κ3) is 4.51. The van der Waals surface area contributed by atoms with Crippen LogP contribution in [0.1, 0.15) is 16.8 Å². The summed E-state index contributed by atoms with van der Waals surface area (Å²) in [5, 5.41) is 2.84. The maximum atomic E-state index is 12.7. The number of likely N-dealkylation sites (tertiary alicyclic amines) is 1. The minimum atomic E-state index is -0.264. The molecular weight excluding hydrogens is 360 g/mol. The Morgan fingerprint density at radius 1 is 1.25 bits per heavy atom. The number of rotatable bonds is 5. The number of nitrogens with zero attached hydrogens (tertiary/aromatic N) is 3. The molecule has 148 valence electrons. The molecule has 3 amide bonds. The van der Waals surface area contributed by atoms with E-state index >= 15 is 0 Å². The van der Waals surface area contributed by atoms with Crippen LogP contribution in [0.2, 0.25) is 0 Å². The predicted octanol–water partition coefficient (Wildman–Crippen LogP) is 2.48. The highest BCUT2D eigenvalue weighted by Gasteiger charge is 2.28. The Hall–Kier alpha value is -3.29. The first kappa shape index (κ1) is 19.5. The lowest BCUT2D eigenvalue weighted by atomic mass is 10.1. The molecule has 1 atom stereocenters. The first-order valence-corrected chi connectivity index (χ1v) is 9.01. The summed E-state index contributed by atoms with van der Waals surface area (Å²) in [5.41, 5.74) is 0.924. The van der Waals surface area contributed by atoms with Crippen molar-refractivity contribution in [1.29, 1.82) is 0 Å². The summed E-state index contributed by atoms with van der Waals surface area (Å²) in [7, 11) is 4.87. The van der Waals surface area contributed by atoms with Gasteiger partial charge in [-0.25, -0.2) is 9.78 Å². The largest absolute Gasteiger partial charge is 0.495 e. The zero-order valence-electron chi connectivity index (χ0n) is 16.2. The number of pyridine rings is 1. The highest BCUT2D eigenvalue weighted by molar-refractivity contribution is 5.97. The standard InChI is InChI=1S/C20H24N4O4/c1-23(2)19(25)14-7-8-17(27-3)16(12-14)22-20(26)24-11-9-15(13-24)28-18-6-4-5-10-21-18/h4-8,10,12,15H,9,11,13H2,1-3H3,(H,22,26). The predicted molar refractivity (Wildman–Crippen MR) is 105 cm³/mol. The molecule has 8 heteroatoms. The Morgan fingerprint density at radius 2 is 2.07 bits per heavy atom. The second-order valence-electron chi connectivity index (χ2n) is 6.69. The number of carbonyl (C=O) groups excluding carboxylic acids is 2. The molecule has 1 unspecified atom stereocenters. The number of anilines is 1. The minimum absolute atomic E-state index is 0.107. The van der Waals surface area contributed by atoms with E-state index in [-0.39, 0.29) is 18.0 Å². The first-order chi connectivity index (χ1) is 13.5. The summed E-state index contributed by atoms with van der Waals surface area (Å²) in [6.45, 7) is 1.03. The minimum Gasteiger partial charge on any atom is -0.495 e. The van der Waals surface area contributed by atoms with E-state index in [4.69, 9.17) is 9.47 Å².